The van der Waals surface area contributed by atoms with Gasteiger partial charge >= 0.3 is 0 Å². The number of para-hydroxylation sites is 1. The lowest BCUT2D eigenvalue weighted by Crippen LogP contribution is -2.48. The third-order valence-corrected chi connectivity index (χ3v) is 5.44. The highest BCUT2D eigenvalue weighted by Crippen LogP contribution is 2.53. The van der Waals surface area contributed by atoms with Crippen LogP contribution in [0.5, 0.6) is 0 Å². The molecule has 1 fully saturated rings. The molecule has 1 saturated heterocycles. The lowest BCUT2D eigenvalue weighted by Gasteiger charge is -2.31. The summed E-state index contributed by atoms with van der Waals surface area (Å²) in [5, 5.41) is 0. The van der Waals surface area contributed by atoms with Gasteiger partial charge in [-0.2, -0.15) is 4.31 Å². The van der Waals surface area contributed by atoms with Gasteiger partial charge in [-0.15, -0.1) is 0 Å². The number of rotatable bonds is 1. The molecule has 2 atom stereocenters. The summed E-state index contributed by atoms with van der Waals surface area (Å²) >= 11 is 0. The fourth-order valence-corrected chi connectivity index (χ4v) is 4.55. The van der Waals surface area contributed by atoms with Crippen LogP contribution in [0.1, 0.15) is 17.5 Å². The summed E-state index contributed by atoms with van der Waals surface area (Å²) in [5.74, 6) is 0. The fraction of sp³-hybridized carbons (Fsp3) is 0.538. The molecule has 0 unspecified atom stereocenters. The average Bonchev–Trinajstić information content (AvgIpc) is 2.75. The third kappa shape index (κ3) is 1.56. The average molecular weight is 284 g/mol. The van der Waals surface area contributed by atoms with Gasteiger partial charge in [0.15, 0.2) is 5.67 Å². The predicted molar refractivity (Wildman–Crippen MR) is 72.3 cm³/mol. The van der Waals surface area contributed by atoms with Crippen molar-refractivity contribution < 1.29 is 12.8 Å². The molecule has 2 aliphatic heterocycles. The van der Waals surface area contributed by atoms with Crippen molar-refractivity contribution in [1.29, 1.82) is 0 Å². The molecule has 3 rings (SSSR count). The van der Waals surface area contributed by atoms with E-state index in [0.29, 0.717) is 5.56 Å². The lowest BCUT2D eigenvalue weighted by molar-refractivity contribution is 0.138. The van der Waals surface area contributed by atoms with Gasteiger partial charge in [-0.3, -0.25) is 0 Å². The summed E-state index contributed by atoms with van der Waals surface area (Å²) in [6.45, 7) is 2.16. The smallest absolute Gasteiger partial charge is 0.213 e. The van der Waals surface area contributed by atoms with Crippen molar-refractivity contribution in [2.24, 2.45) is 0 Å². The molecule has 6 heteroatoms. The predicted octanol–water partition coefficient (Wildman–Crippen LogP) is 1.60. The molecule has 0 amide bonds. The molecule has 0 aliphatic carbocycles. The van der Waals surface area contributed by atoms with Gasteiger partial charge in [-0.25, -0.2) is 12.8 Å². The first-order chi connectivity index (χ1) is 8.77. The van der Waals surface area contributed by atoms with Crippen LogP contribution in [0.15, 0.2) is 18.2 Å². The van der Waals surface area contributed by atoms with Crippen molar-refractivity contribution in [2.45, 2.75) is 25.2 Å². The maximum atomic E-state index is 15.4. The number of sulfonamides is 1. The molecule has 19 heavy (non-hydrogen) atoms. The summed E-state index contributed by atoms with van der Waals surface area (Å²) in [5.41, 5.74) is 0.813. The number of aryl methyl sites for hydroxylation is 1. The normalized spacial score (nSPS) is 30.5. The minimum absolute atomic E-state index is 0.214. The summed E-state index contributed by atoms with van der Waals surface area (Å²) in [7, 11) is -1.64. The van der Waals surface area contributed by atoms with Crippen LogP contribution in [0.4, 0.5) is 10.1 Å². The summed E-state index contributed by atoms with van der Waals surface area (Å²) in [6.07, 6.45) is 0.604. The van der Waals surface area contributed by atoms with Gasteiger partial charge in [-0.05, 0) is 12.5 Å². The highest BCUT2D eigenvalue weighted by molar-refractivity contribution is 7.88. The van der Waals surface area contributed by atoms with Crippen LogP contribution in [0.25, 0.3) is 0 Å². The van der Waals surface area contributed by atoms with Gasteiger partial charge < -0.3 is 4.90 Å². The number of anilines is 1. The van der Waals surface area contributed by atoms with E-state index in [-0.39, 0.29) is 13.0 Å². The minimum Gasteiger partial charge on any atom is -0.354 e. The number of likely N-dealkylation sites (N-methyl/N-ethyl adjacent to an activating group) is 1. The molecule has 0 bridgehead atoms. The Morgan fingerprint density at radius 2 is 2.11 bits per heavy atom. The van der Waals surface area contributed by atoms with E-state index in [0.717, 1.165) is 17.5 Å². The van der Waals surface area contributed by atoms with Crippen LogP contribution in [0.2, 0.25) is 0 Å². The van der Waals surface area contributed by atoms with E-state index >= 15 is 4.39 Å². The van der Waals surface area contributed by atoms with Crippen LogP contribution in [0, 0.1) is 6.92 Å². The van der Waals surface area contributed by atoms with Crippen LogP contribution in [-0.2, 0) is 15.7 Å². The molecule has 0 aromatic heterocycles. The monoisotopic (exact) mass is 284 g/mol. The van der Waals surface area contributed by atoms with Gasteiger partial charge in [0.05, 0.1) is 6.26 Å². The van der Waals surface area contributed by atoms with Gasteiger partial charge in [0.25, 0.3) is 0 Å². The Morgan fingerprint density at radius 3 is 2.74 bits per heavy atom. The quantitative estimate of drug-likeness (QED) is 0.786. The Balaban J connectivity index is 2.19. The van der Waals surface area contributed by atoms with E-state index in [1.807, 2.05) is 19.1 Å². The van der Waals surface area contributed by atoms with Gasteiger partial charge in [0, 0.05) is 31.3 Å². The van der Waals surface area contributed by atoms with Crippen molar-refractivity contribution in [1.82, 2.24) is 4.31 Å². The second kappa shape index (κ2) is 3.70. The molecular weight excluding hydrogens is 267 g/mol. The second-order valence-corrected chi connectivity index (χ2v) is 7.38. The number of nitrogens with zero attached hydrogens (tertiary/aromatic N) is 2. The fourth-order valence-electron chi connectivity index (χ4n) is 3.46. The number of alkyl halides is 1. The van der Waals surface area contributed by atoms with Crippen LogP contribution < -0.4 is 4.90 Å². The first-order valence-electron chi connectivity index (χ1n) is 6.25. The number of benzene rings is 1. The molecule has 0 N–H and O–H groups in total. The Labute approximate surface area is 112 Å². The van der Waals surface area contributed by atoms with Gasteiger partial charge in [0.1, 0.15) is 6.17 Å². The molecule has 1 aromatic carbocycles. The van der Waals surface area contributed by atoms with Crippen molar-refractivity contribution in [3.05, 3.63) is 29.3 Å². The van der Waals surface area contributed by atoms with Gasteiger partial charge in [-0.1, -0.05) is 18.2 Å². The van der Waals surface area contributed by atoms with E-state index in [1.165, 1.54) is 4.31 Å². The van der Waals surface area contributed by atoms with Crippen molar-refractivity contribution in [3.8, 4) is 0 Å². The highest BCUT2D eigenvalue weighted by Gasteiger charge is 2.59. The van der Waals surface area contributed by atoms with Crippen LogP contribution in [-0.4, -0.2) is 38.7 Å². The molecule has 0 radical (unpaired) electrons. The SMILES string of the molecule is Cc1cccc2c1N(C)[C@H]1N(S(C)(=O)=O)CC[C@@]21F. The second-order valence-electron chi connectivity index (χ2n) is 5.44. The van der Waals surface area contributed by atoms with Crippen molar-refractivity contribution in [3.63, 3.8) is 0 Å². The molecule has 4 nitrogen and oxygen atoms in total. The van der Waals surface area contributed by atoms with Crippen molar-refractivity contribution in [2.75, 3.05) is 24.7 Å². The molecular formula is C13H17FN2O2S. The molecule has 1 aromatic rings. The standard InChI is InChI=1S/C13H17FN2O2S/c1-9-5-4-6-10-11(9)15(2)12-13(10,14)7-8-16(12)19(3,17)18/h4-6,12H,7-8H2,1-3H3/t12-,13+/m0/s1. The molecule has 2 aliphatic rings. The van der Waals surface area contributed by atoms with Crippen LogP contribution in [0.3, 0.4) is 0 Å². The van der Waals surface area contributed by atoms with E-state index < -0.39 is 21.9 Å². The zero-order chi connectivity index (χ0) is 14.0. The lowest BCUT2D eigenvalue weighted by atomic mass is 9.94. The minimum atomic E-state index is -3.41. The summed E-state index contributed by atoms with van der Waals surface area (Å²) < 4.78 is 40.3. The molecule has 2 heterocycles. The zero-order valence-electron chi connectivity index (χ0n) is 11.2. The van der Waals surface area contributed by atoms with E-state index in [1.54, 1.807) is 18.0 Å². The van der Waals surface area contributed by atoms with E-state index in [2.05, 4.69) is 0 Å². The molecule has 0 spiro atoms. The first kappa shape index (κ1) is 12.9. The Hall–Kier alpha value is -1.14. The first-order valence-corrected chi connectivity index (χ1v) is 8.10. The number of fused-ring (bicyclic) bond motifs is 3. The topological polar surface area (TPSA) is 40.6 Å². The van der Waals surface area contributed by atoms with Crippen molar-refractivity contribution >= 4 is 15.7 Å². The molecule has 0 saturated carbocycles. The summed E-state index contributed by atoms with van der Waals surface area (Å²) in [6, 6.07) is 5.52. The Kier molecular flexibility index (Phi) is 2.51. The Bertz CT molecular complexity index is 646. The maximum absolute atomic E-state index is 15.4. The van der Waals surface area contributed by atoms with Gasteiger partial charge in [0.2, 0.25) is 10.0 Å². The molecule has 104 valence electrons. The summed E-state index contributed by atoms with van der Waals surface area (Å²) in [4.78, 5) is 1.76. The van der Waals surface area contributed by atoms with E-state index in [4.69, 9.17) is 0 Å². The van der Waals surface area contributed by atoms with Crippen LogP contribution >= 0.6 is 0 Å². The third-order valence-electron chi connectivity index (χ3n) is 4.21. The number of hydrogen-bond donors (Lipinski definition) is 0. The van der Waals surface area contributed by atoms with E-state index in [9.17, 15) is 8.42 Å². The largest absolute Gasteiger partial charge is 0.354 e. The number of hydrogen-bond acceptors (Lipinski definition) is 3. The number of halogens is 1. The zero-order valence-corrected chi connectivity index (χ0v) is 12.0. The highest BCUT2D eigenvalue weighted by atomic mass is 32.2. The maximum Gasteiger partial charge on any atom is 0.213 e. The Morgan fingerprint density at radius 1 is 1.42 bits per heavy atom.